The van der Waals surface area contributed by atoms with Crippen molar-refractivity contribution in [1.29, 1.82) is 0 Å². The topological polar surface area (TPSA) is 29.3 Å². The molecule has 0 aromatic carbocycles. The Balaban J connectivity index is 2.51. The van der Waals surface area contributed by atoms with Crippen molar-refractivity contribution >= 4 is 17.3 Å². The van der Waals surface area contributed by atoms with Gasteiger partial charge in [0.2, 0.25) is 0 Å². The normalized spacial score (nSPS) is 23.2. The quantitative estimate of drug-likeness (QED) is 0.532. The lowest BCUT2D eigenvalue weighted by Crippen LogP contribution is -2.34. The van der Waals surface area contributed by atoms with Crippen LogP contribution in [0.3, 0.4) is 0 Å². The Morgan fingerprint density at radius 1 is 1.60 bits per heavy atom. The second-order valence-electron chi connectivity index (χ2n) is 3.67. The summed E-state index contributed by atoms with van der Waals surface area (Å²) in [4.78, 5) is 2.06. The molecule has 58 valence electrons. The first-order chi connectivity index (χ1) is 4.51. The minimum atomic E-state index is 0.406. The number of hydrogen-bond acceptors (Lipinski definition) is 1. The van der Waals surface area contributed by atoms with E-state index in [0.29, 0.717) is 10.5 Å². The second-order valence-corrected chi connectivity index (χ2v) is 4.09. The van der Waals surface area contributed by atoms with E-state index in [1.54, 1.807) is 0 Å². The minimum absolute atomic E-state index is 0.406. The highest BCUT2D eigenvalue weighted by Crippen LogP contribution is 2.28. The summed E-state index contributed by atoms with van der Waals surface area (Å²) in [5.74, 6) is 0. The van der Waals surface area contributed by atoms with E-state index in [9.17, 15) is 0 Å². The van der Waals surface area contributed by atoms with Gasteiger partial charge in [0.05, 0.1) is 0 Å². The predicted octanol–water partition coefficient (Wildman–Crippen LogP) is 0.962. The van der Waals surface area contributed by atoms with E-state index >= 15 is 0 Å². The molecule has 1 saturated heterocycles. The summed E-state index contributed by atoms with van der Waals surface area (Å²) in [6, 6.07) is 0. The Bertz CT molecular complexity index is 154. The smallest absolute Gasteiger partial charge is 0.166 e. The molecule has 0 aromatic rings. The van der Waals surface area contributed by atoms with Gasteiger partial charge in [-0.05, 0) is 24.1 Å². The summed E-state index contributed by atoms with van der Waals surface area (Å²) in [7, 11) is 0. The molecular weight excluding hydrogens is 144 g/mol. The first-order valence-electron chi connectivity index (χ1n) is 3.56. The molecule has 10 heavy (non-hydrogen) atoms. The molecule has 1 aliphatic heterocycles. The van der Waals surface area contributed by atoms with E-state index in [1.807, 2.05) is 0 Å². The molecule has 1 fully saturated rings. The largest absolute Gasteiger partial charge is 0.376 e. The number of thiocarbonyl (C=S) groups is 1. The highest BCUT2D eigenvalue weighted by Gasteiger charge is 2.29. The average molecular weight is 158 g/mol. The van der Waals surface area contributed by atoms with Crippen molar-refractivity contribution in [3.05, 3.63) is 0 Å². The van der Waals surface area contributed by atoms with Gasteiger partial charge in [-0.15, -0.1) is 0 Å². The van der Waals surface area contributed by atoms with E-state index in [1.165, 1.54) is 6.42 Å². The summed E-state index contributed by atoms with van der Waals surface area (Å²) in [5.41, 5.74) is 5.88. The van der Waals surface area contributed by atoms with Crippen LogP contribution in [0.4, 0.5) is 0 Å². The van der Waals surface area contributed by atoms with Gasteiger partial charge in [0.1, 0.15) is 0 Å². The summed E-state index contributed by atoms with van der Waals surface area (Å²) in [6.07, 6.45) is 1.20. The predicted molar refractivity (Wildman–Crippen MR) is 46.8 cm³/mol. The SMILES string of the molecule is CC1(C)CCN(C(N)=S)C1. The van der Waals surface area contributed by atoms with E-state index < -0.39 is 0 Å². The molecule has 1 rings (SSSR count). The molecule has 0 radical (unpaired) electrons. The monoisotopic (exact) mass is 158 g/mol. The lowest BCUT2D eigenvalue weighted by Gasteiger charge is -2.19. The van der Waals surface area contributed by atoms with Gasteiger partial charge in [-0.2, -0.15) is 0 Å². The van der Waals surface area contributed by atoms with Crippen LogP contribution >= 0.6 is 12.2 Å². The standard InChI is InChI=1S/C7H14N2S/c1-7(2)3-4-9(5-7)6(8)10/h3-5H2,1-2H3,(H2,8,10). The van der Waals surface area contributed by atoms with Crippen LogP contribution in [0.1, 0.15) is 20.3 Å². The molecule has 1 heterocycles. The molecule has 0 saturated carbocycles. The number of rotatable bonds is 0. The van der Waals surface area contributed by atoms with Crippen LogP contribution in [0.15, 0.2) is 0 Å². The van der Waals surface area contributed by atoms with Crippen molar-refractivity contribution in [2.24, 2.45) is 11.1 Å². The fourth-order valence-electron chi connectivity index (χ4n) is 1.30. The molecule has 0 aliphatic carbocycles. The molecule has 2 nitrogen and oxygen atoms in total. The Hall–Kier alpha value is -0.310. The summed E-state index contributed by atoms with van der Waals surface area (Å²) in [5, 5.41) is 0.547. The fraction of sp³-hybridized carbons (Fsp3) is 0.857. The summed E-state index contributed by atoms with van der Waals surface area (Å²) < 4.78 is 0. The van der Waals surface area contributed by atoms with E-state index in [-0.39, 0.29) is 0 Å². The highest BCUT2D eigenvalue weighted by atomic mass is 32.1. The molecule has 1 aliphatic rings. The van der Waals surface area contributed by atoms with Crippen molar-refractivity contribution in [3.8, 4) is 0 Å². The summed E-state index contributed by atoms with van der Waals surface area (Å²) in [6.45, 7) is 6.53. The van der Waals surface area contributed by atoms with E-state index in [4.69, 9.17) is 18.0 Å². The van der Waals surface area contributed by atoms with E-state index in [2.05, 4.69) is 18.7 Å². The van der Waals surface area contributed by atoms with Gasteiger partial charge in [0.15, 0.2) is 5.11 Å². The Morgan fingerprint density at radius 2 is 2.20 bits per heavy atom. The van der Waals surface area contributed by atoms with Gasteiger partial charge < -0.3 is 10.6 Å². The molecule has 0 aromatic heterocycles. The zero-order valence-electron chi connectivity index (χ0n) is 6.55. The first-order valence-corrected chi connectivity index (χ1v) is 3.96. The van der Waals surface area contributed by atoms with Crippen molar-refractivity contribution in [2.45, 2.75) is 20.3 Å². The van der Waals surface area contributed by atoms with Crippen LogP contribution in [0.2, 0.25) is 0 Å². The molecule has 2 N–H and O–H groups in total. The van der Waals surface area contributed by atoms with Gasteiger partial charge >= 0.3 is 0 Å². The third-order valence-electron chi connectivity index (χ3n) is 1.99. The maximum Gasteiger partial charge on any atom is 0.166 e. The van der Waals surface area contributed by atoms with Crippen LogP contribution in [-0.4, -0.2) is 23.1 Å². The first kappa shape index (κ1) is 7.79. The number of hydrogen-bond donors (Lipinski definition) is 1. The van der Waals surface area contributed by atoms with Gasteiger partial charge in [-0.3, -0.25) is 0 Å². The van der Waals surface area contributed by atoms with Crippen LogP contribution in [-0.2, 0) is 0 Å². The Kier molecular flexibility index (Phi) is 1.86. The van der Waals surface area contributed by atoms with E-state index in [0.717, 1.165) is 13.1 Å². The van der Waals surface area contributed by atoms with Gasteiger partial charge in [0.25, 0.3) is 0 Å². The van der Waals surface area contributed by atoms with Crippen molar-refractivity contribution in [3.63, 3.8) is 0 Å². The van der Waals surface area contributed by atoms with Gasteiger partial charge in [-0.1, -0.05) is 13.8 Å². The Morgan fingerprint density at radius 3 is 2.40 bits per heavy atom. The van der Waals surface area contributed by atoms with Gasteiger partial charge in [-0.25, -0.2) is 0 Å². The van der Waals surface area contributed by atoms with Crippen molar-refractivity contribution < 1.29 is 0 Å². The fourth-order valence-corrected chi connectivity index (χ4v) is 1.46. The lowest BCUT2D eigenvalue weighted by molar-refractivity contribution is 0.376. The summed E-state index contributed by atoms with van der Waals surface area (Å²) >= 11 is 4.86. The molecule has 0 spiro atoms. The number of nitrogens with zero attached hydrogens (tertiary/aromatic N) is 1. The average Bonchev–Trinajstić information content (AvgIpc) is 2.10. The minimum Gasteiger partial charge on any atom is -0.376 e. The number of likely N-dealkylation sites (tertiary alicyclic amines) is 1. The molecule has 3 heteroatoms. The van der Waals surface area contributed by atoms with Crippen molar-refractivity contribution in [1.82, 2.24) is 4.90 Å². The zero-order chi connectivity index (χ0) is 7.78. The van der Waals surface area contributed by atoms with Crippen LogP contribution < -0.4 is 5.73 Å². The number of nitrogens with two attached hydrogens (primary N) is 1. The third-order valence-corrected chi connectivity index (χ3v) is 2.25. The van der Waals surface area contributed by atoms with Crippen LogP contribution in [0.25, 0.3) is 0 Å². The maximum absolute atomic E-state index is 5.48. The van der Waals surface area contributed by atoms with Crippen LogP contribution in [0.5, 0.6) is 0 Å². The lowest BCUT2D eigenvalue weighted by atomic mass is 9.93. The molecule has 0 bridgehead atoms. The highest BCUT2D eigenvalue weighted by molar-refractivity contribution is 7.80. The van der Waals surface area contributed by atoms with Crippen LogP contribution in [0, 0.1) is 5.41 Å². The second kappa shape index (κ2) is 2.38. The Labute approximate surface area is 67.4 Å². The third kappa shape index (κ3) is 1.59. The maximum atomic E-state index is 5.48. The molecule has 0 atom stereocenters. The molecule has 0 unspecified atom stereocenters. The zero-order valence-corrected chi connectivity index (χ0v) is 7.37. The molecule has 0 amide bonds. The van der Waals surface area contributed by atoms with Gasteiger partial charge in [0, 0.05) is 13.1 Å². The van der Waals surface area contributed by atoms with Crippen molar-refractivity contribution in [2.75, 3.05) is 13.1 Å². The molecular formula is C7H14N2S.